The number of benzene rings is 1. The summed E-state index contributed by atoms with van der Waals surface area (Å²) in [4.78, 5) is 9.16. The molecular formula is C17H23BN2O4. The molecular weight excluding hydrogens is 307 g/mol. The Morgan fingerprint density at radius 3 is 2.33 bits per heavy atom. The third-order valence-corrected chi connectivity index (χ3v) is 4.73. The molecule has 0 atom stereocenters. The van der Waals surface area contributed by atoms with Crippen LogP contribution in [-0.2, 0) is 20.7 Å². The molecule has 6 nitrogen and oxygen atoms in total. The third-order valence-electron chi connectivity index (χ3n) is 4.73. The van der Waals surface area contributed by atoms with Crippen LogP contribution in [0, 0.1) is 0 Å². The molecule has 2 heterocycles. The van der Waals surface area contributed by atoms with Crippen molar-refractivity contribution in [2.24, 2.45) is 0 Å². The second kappa shape index (κ2) is 5.99. The zero-order valence-electron chi connectivity index (χ0n) is 15.0. The molecule has 1 fully saturated rings. The maximum Gasteiger partial charge on any atom is 0.497 e. The highest BCUT2D eigenvalue weighted by Crippen LogP contribution is 2.37. The quantitative estimate of drug-likeness (QED) is 0.800. The van der Waals surface area contributed by atoms with Crippen molar-refractivity contribution in [2.45, 2.75) is 45.5 Å². The van der Waals surface area contributed by atoms with Gasteiger partial charge in [-0.2, -0.15) is 0 Å². The second-order valence-corrected chi connectivity index (χ2v) is 6.97. The summed E-state index contributed by atoms with van der Waals surface area (Å²) in [5, 5.41) is 0. The fourth-order valence-corrected chi connectivity index (χ4v) is 2.65. The summed E-state index contributed by atoms with van der Waals surface area (Å²) in [6.45, 7) is 8.51. The molecule has 1 aromatic carbocycles. The van der Waals surface area contributed by atoms with E-state index in [0.717, 1.165) is 22.2 Å². The van der Waals surface area contributed by atoms with E-state index in [1.165, 1.54) is 0 Å². The van der Waals surface area contributed by atoms with E-state index in [4.69, 9.17) is 18.8 Å². The van der Waals surface area contributed by atoms with Crippen molar-refractivity contribution >= 4 is 23.6 Å². The fraction of sp³-hybridized carbons (Fsp3) is 0.529. The van der Waals surface area contributed by atoms with Gasteiger partial charge in [0.2, 0.25) is 0 Å². The van der Waals surface area contributed by atoms with Crippen LogP contribution in [0.25, 0.3) is 11.0 Å². The van der Waals surface area contributed by atoms with E-state index in [-0.39, 0.29) is 0 Å². The minimum absolute atomic E-state index is 0.409. The smallest absolute Gasteiger partial charge is 0.497 e. The first-order chi connectivity index (χ1) is 11.3. The van der Waals surface area contributed by atoms with E-state index in [9.17, 15) is 0 Å². The van der Waals surface area contributed by atoms with Crippen LogP contribution in [0.4, 0.5) is 0 Å². The van der Waals surface area contributed by atoms with Gasteiger partial charge in [0.15, 0.2) is 0 Å². The number of hydrogen-bond donors (Lipinski definition) is 0. The average Bonchev–Trinajstić information content (AvgIpc) is 2.74. The van der Waals surface area contributed by atoms with Crippen molar-refractivity contribution in [1.82, 2.24) is 9.97 Å². The number of methoxy groups -OCH3 is 2. The Kier molecular flexibility index (Phi) is 4.27. The Bertz CT molecular complexity index is 748. The van der Waals surface area contributed by atoms with Crippen LogP contribution in [-0.4, -0.2) is 42.5 Å². The summed E-state index contributed by atoms with van der Waals surface area (Å²) in [6.07, 6.45) is 1.72. The standard InChI is InChI=1S/C17H23BN2O4/c1-16(2)17(3,4)24-18(23-16)13-7-12(22-6)8-14-15(13)19-9-11(20-14)10-21-5/h7-9H,10H2,1-6H3. The molecule has 0 amide bonds. The SMILES string of the molecule is COCc1cnc2c(B3OC(C)(C)C(C)(C)O3)cc(OC)cc2n1. The van der Waals surface area contributed by atoms with E-state index < -0.39 is 18.3 Å². The van der Waals surface area contributed by atoms with Crippen molar-refractivity contribution in [3.05, 3.63) is 24.0 Å². The molecule has 0 radical (unpaired) electrons. The molecule has 0 N–H and O–H groups in total. The number of nitrogens with zero attached hydrogens (tertiary/aromatic N) is 2. The Hall–Kier alpha value is -1.70. The van der Waals surface area contributed by atoms with Gasteiger partial charge in [-0.05, 0) is 33.8 Å². The molecule has 2 aromatic rings. The van der Waals surface area contributed by atoms with Crippen molar-refractivity contribution in [2.75, 3.05) is 14.2 Å². The number of aromatic nitrogens is 2. The molecule has 0 unspecified atom stereocenters. The number of hydrogen-bond acceptors (Lipinski definition) is 6. The molecule has 128 valence electrons. The van der Waals surface area contributed by atoms with Crippen LogP contribution in [0.5, 0.6) is 5.75 Å². The van der Waals surface area contributed by atoms with Gasteiger partial charge >= 0.3 is 7.12 Å². The normalized spacial score (nSPS) is 19.0. The van der Waals surface area contributed by atoms with Gasteiger partial charge in [-0.3, -0.25) is 4.98 Å². The largest absolute Gasteiger partial charge is 0.497 e. The molecule has 7 heteroatoms. The second-order valence-electron chi connectivity index (χ2n) is 6.97. The van der Waals surface area contributed by atoms with Crippen LogP contribution in [0.2, 0.25) is 0 Å². The highest BCUT2D eigenvalue weighted by Gasteiger charge is 2.52. The Balaban J connectivity index is 2.10. The lowest BCUT2D eigenvalue weighted by atomic mass is 9.78. The number of ether oxygens (including phenoxy) is 2. The summed E-state index contributed by atoms with van der Waals surface area (Å²) in [5.74, 6) is 0.691. The third kappa shape index (κ3) is 2.87. The first kappa shape index (κ1) is 17.1. The van der Waals surface area contributed by atoms with E-state index in [1.54, 1.807) is 20.4 Å². The average molecular weight is 330 g/mol. The van der Waals surface area contributed by atoms with Crippen LogP contribution < -0.4 is 10.2 Å². The highest BCUT2D eigenvalue weighted by molar-refractivity contribution is 6.65. The van der Waals surface area contributed by atoms with Gasteiger partial charge in [-0.1, -0.05) is 0 Å². The molecule has 1 aromatic heterocycles. The monoisotopic (exact) mass is 330 g/mol. The molecule has 0 spiro atoms. The van der Waals surface area contributed by atoms with Gasteiger partial charge in [0.25, 0.3) is 0 Å². The first-order valence-electron chi connectivity index (χ1n) is 7.95. The maximum atomic E-state index is 6.17. The molecule has 0 aliphatic carbocycles. The van der Waals surface area contributed by atoms with Crippen LogP contribution in [0.1, 0.15) is 33.4 Å². The van der Waals surface area contributed by atoms with Gasteiger partial charge < -0.3 is 18.8 Å². The van der Waals surface area contributed by atoms with Crippen LogP contribution >= 0.6 is 0 Å². The van der Waals surface area contributed by atoms with Crippen molar-refractivity contribution in [3.63, 3.8) is 0 Å². The minimum Gasteiger partial charge on any atom is -0.497 e. The summed E-state index contributed by atoms with van der Waals surface area (Å²) >= 11 is 0. The minimum atomic E-state index is -0.518. The maximum absolute atomic E-state index is 6.17. The highest BCUT2D eigenvalue weighted by atomic mass is 16.7. The van der Waals surface area contributed by atoms with Gasteiger partial charge in [-0.15, -0.1) is 0 Å². The zero-order chi connectivity index (χ0) is 17.5. The van der Waals surface area contributed by atoms with E-state index in [1.807, 2.05) is 39.8 Å². The molecule has 1 aliphatic rings. The summed E-state index contributed by atoms with van der Waals surface area (Å²) < 4.78 is 22.9. The lowest BCUT2D eigenvalue weighted by molar-refractivity contribution is 0.00578. The van der Waals surface area contributed by atoms with Crippen LogP contribution in [0.3, 0.4) is 0 Å². The molecule has 0 saturated carbocycles. The van der Waals surface area contributed by atoms with Crippen molar-refractivity contribution < 1.29 is 18.8 Å². The molecule has 3 rings (SSSR count). The Labute approximate surface area is 142 Å². The predicted octanol–water partition coefficient (Wildman–Crippen LogP) is 2.08. The van der Waals surface area contributed by atoms with Crippen molar-refractivity contribution in [3.8, 4) is 5.75 Å². The van der Waals surface area contributed by atoms with E-state index in [0.29, 0.717) is 12.4 Å². The Morgan fingerprint density at radius 2 is 1.75 bits per heavy atom. The first-order valence-corrected chi connectivity index (χ1v) is 7.95. The summed E-state index contributed by atoms with van der Waals surface area (Å²) in [7, 11) is 2.74. The molecule has 0 bridgehead atoms. The van der Waals surface area contributed by atoms with E-state index in [2.05, 4.69) is 9.97 Å². The fourth-order valence-electron chi connectivity index (χ4n) is 2.65. The topological polar surface area (TPSA) is 62.7 Å². The zero-order valence-corrected chi connectivity index (χ0v) is 15.0. The molecule has 1 aliphatic heterocycles. The summed E-state index contributed by atoms with van der Waals surface area (Å²) in [6, 6.07) is 3.76. The van der Waals surface area contributed by atoms with Gasteiger partial charge in [-0.25, -0.2) is 4.98 Å². The lowest BCUT2D eigenvalue weighted by Crippen LogP contribution is -2.41. The van der Waals surface area contributed by atoms with Gasteiger partial charge in [0, 0.05) is 18.6 Å². The van der Waals surface area contributed by atoms with E-state index >= 15 is 0 Å². The van der Waals surface area contributed by atoms with Gasteiger partial charge in [0.1, 0.15) is 5.75 Å². The van der Waals surface area contributed by atoms with Crippen LogP contribution in [0.15, 0.2) is 18.3 Å². The Morgan fingerprint density at radius 1 is 1.08 bits per heavy atom. The predicted molar refractivity (Wildman–Crippen MR) is 92.5 cm³/mol. The summed E-state index contributed by atoms with van der Waals surface area (Å²) in [5.41, 5.74) is 2.22. The number of rotatable bonds is 4. The van der Waals surface area contributed by atoms with Crippen molar-refractivity contribution in [1.29, 1.82) is 0 Å². The number of fused-ring (bicyclic) bond motifs is 1. The molecule has 24 heavy (non-hydrogen) atoms. The molecule has 1 saturated heterocycles. The van der Waals surface area contributed by atoms with Gasteiger partial charge in [0.05, 0.1) is 47.8 Å². The lowest BCUT2D eigenvalue weighted by Gasteiger charge is -2.32.